The highest BCUT2D eigenvalue weighted by atomic mass is 19.4. The number of carbonyl (C=O) groups is 1. The van der Waals surface area contributed by atoms with Crippen molar-refractivity contribution in [3.8, 4) is 17.0 Å². The molecule has 0 amide bonds. The fourth-order valence-electron chi connectivity index (χ4n) is 3.87. The van der Waals surface area contributed by atoms with Gasteiger partial charge in [-0.2, -0.15) is 18.3 Å². The minimum Gasteiger partial charge on any atom is -0.486 e. The van der Waals surface area contributed by atoms with E-state index in [0.717, 1.165) is 34.5 Å². The number of alkyl halides is 3. The van der Waals surface area contributed by atoms with Crippen LogP contribution < -0.4 is 4.74 Å². The number of aryl methyl sites for hydroxylation is 3. The predicted octanol–water partition coefficient (Wildman–Crippen LogP) is 5.96. The Hall–Kier alpha value is -3.62. The molecule has 9 heteroatoms. The number of aromatic nitrogens is 3. The molecule has 0 fully saturated rings. The van der Waals surface area contributed by atoms with Crippen LogP contribution in [-0.4, -0.2) is 27.8 Å². The molecule has 4 aromatic rings. The second-order valence-electron chi connectivity index (χ2n) is 8.36. The second-order valence-corrected chi connectivity index (χ2v) is 8.36. The van der Waals surface area contributed by atoms with Crippen LogP contribution in [-0.2, 0) is 23.8 Å². The van der Waals surface area contributed by atoms with Gasteiger partial charge < -0.3 is 9.26 Å². The molecule has 2 aromatic heterocycles. The normalized spacial score (nSPS) is 12.0. The van der Waals surface area contributed by atoms with Gasteiger partial charge in [0.15, 0.2) is 11.9 Å². The van der Waals surface area contributed by atoms with Gasteiger partial charge in [0.05, 0.1) is 17.0 Å². The molecule has 0 aliphatic rings. The zero-order chi connectivity index (χ0) is 24.5. The lowest BCUT2D eigenvalue weighted by Crippen LogP contribution is -2.08. The monoisotopic (exact) mass is 471 g/mol. The van der Waals surface area contributed by atoms with Crippen molar-refractivity contribution in [2.75, 3.05) is 6.61 Å². The summed E-state index contributed by atoms with van der Waals surface area (Å²) in [6.45, 7) is 5.86. The first-order valence-corrected chi connectivity index (χ1v) is 10.9. The van der Waals surface area contributed by atoms with E-state index in [4.69, 9.17) is 9.26 Å². The quantitative estimate of drug-likeness (QED) is 0.297. The van der Waals surface area contributed by atoms with Crippen molar-refractivity contribution >= 4 is 17.3 Å². The van der Waals surface area contributed by atoms with Crippen LogP contribution in [0.15, 0.2) is 47.0 Å². The third-order valence-corrected chi connectivity index (χ3v) is 5.58. The molecule has 0 saturated heterocycles. The second kappa shape index (κ2) is 9.32. The molecule has 178 valence electrons. The Balaban J connectivity index is 1.57. The highest BCUT2D eigenvalue weighted by molar-refractivity contribution is 5.82. The SMILES string of the molecule is Cc1cc2c(CCc3cc(-c4ccc(C(F)(F)F)cc4)nn3C(C)C)noc2cc1OCC=O. The Morgan fingerprint density at radius 3 is 2.50 bits per heavy atom. The van der Waals surface area contributed by atoms with Gasteiger partial charge >= 0.3 is 6.18 Å². The summed E-state index contributed by atoms with van der Waals surface area (Å²) in [4.78, 5) is 10.6. The van der Waals surface area contributed by atoms with Crippen LogP contribution in [0.3, 0.4) is 0 Å². The average Bonchev–Trinajstić information content (AvgIpc) is 3.39. The van der Waals surface area contributed by atoms with Crippen LogP contribution in [0.25, 0.3) is 22.2 Å². The largest absolute Gasteiger partial charge is 0.486 e. The molecule has 0 radical (unpaired) electrons. The van der Waals surface area contributed by atoms with E-state index >= 15 is 0 Å². The van der Waals surface area contributed by atoms with Crippen LogP contribution >= 0.6 is 0 Å². The summed E-state index contributed by atoms with van der Waals surface area (Å²) in [5, 5.41) is 9.71. The summed E-state index contributed by atoms with van der Waals surface area (Å²) in [5.74, 6) is 0.571. The van der Waals surface area contributed by atoms with Gasteiger partial charge in [-0.25, -0.2) is 0 Å². The summed E-state index contributed by atoms with van der Waals surface area (Å²) in [6.07, 6.45) is -2.48. The third kappa shape index (κ3) is 4.83. The lowest BCUT2D eigenvalue weighted by atomic mass is 10.1. The molecule has 0 spiro atoms. The number of nitrogens with zero attached hydrogens (tertiary/aromatic N) is 3. The first-order chi connectivity index (χ1) is 16.2. The van der Waals surface area contributed by atoms with Crippen molar-refractivity contribution in [3.63, 3.8) is 0 Å². The molecule has 0 saturated carbocycles. The number of fused-ring (bicyclic) bond motifs is 1. The maximum atomic E-state index is 12.9. The van der Waals surface area contributed by atoms with Crippen molar-refractivity contribution in [2.24, 2.45) is 0 Å². The van der Waals surface area contributed by atoms with Crippen molar-refractivity contribution in [3.05, 3.63) is 65.0 Å². The first kappa shape index (κ1) is 23.5. The summed E-state index contributed by atoms with van der Waals surface area (Å²) >= 11 is 0. The summed E-state index contributed by atoms with van der Waals surface area (Å²) in [5.41, 5.74) is 3.73. The number of halogens is 3. The van der Waals surface area contributed by atoms with Gasteiger partial charge in [0, 0.05) is 28.8 Å². The molecule has 0 N–H and O–H groups in total. The van der Waals surface area contributed by atoms with Crippen molar-refractivity contribution < 1.29 is 27.2 Å². The summed E-state index contributed by atoms with van der Waals surface area (Å²) in [7, 11) is 0. The van der Waals surface area contributed by atoms with Crippen LogP contribution in [0.2, 0.25) is 0 Å². The number of hydrogen-bond donors (Lipinski definition) is 0. The fraction of sp³-hybridized carbons (Fsp3) is 0.320. The number of benzene rings is 2. The van der Waals surface area contributed by atoms with E-state index in [1.807, 2.05) is 37.6 Å². The van der Waals surface area contributed by atoms with E-state index in [9.17, 15) is 18.0 Å². The molecule has 2 aromatic carbocycles. The molecule has 0 aliphatic heterocycles. The minimum atomic E-state index is -4.37. The van der Waals surface area contributed by atoms with E-state index in [1.165, 1.54) is 12.1 Å². The Bertz CT molecular complexity index is 1300. The zero-order valence-electron chi connectivity index (χ0n) is 19.0. The van der Waals surface area contributed by atoms with Gasteiger partial charge in [0.2, 0.25) is 0 Å². The van der Waals surface area contributed by atoms with E-state index < -0.39 is 11.7 Å². The van der Waals surface area contributed by atoms with E-state index in [-0.39, 0.29) is 12.6 Å². The van der Waals surface area contributed by atoms with Gasteiger partial charge in [-0.05, 0) is 63.4 Å². The molecule has 0 bridgehead atoms. The van der Waals surface area contributed by atoms with Crippen molar-refractivity contribution in [1.82, 2.24) is 14.9 Å². The van der Waals surface area contributed by atoms with Gasteiger partial charge in [0.25, 0.3) is 0 Å². The van der Waals surface area contributed by atoms with Crippen molar-refractivity contribution in [1.29, 1.82) is 0 Å². The van der Waals surface area contributed by atoms with Gasteiger partial charge in [0.1, 0.15) is 12.4 Å². The molecule has 6 nitrogen and oxygen atoms in total. The number of aldehydes is 1. The Kier molecular flexibility index (Phi) is 6.45. The zero-order valence-corrected chi connectivity index (χ0v) is 19.0. The van der Waals surface area contributed by atoms with Crippen LogP contribution in [0.4, 0.5) is 13.2 Å². The molecule has 4 rings (SSSR count). The maximum absolute atomic E-state index is 12.9. The topological polar surface area (TPSA) is 70.2 Å². The third-order valence-electron chi connectivity index (χ3n) is 5.58. The smallest absolute Gasteiger partial charge is 0.416 e. The van der Waals surface area contributed by atoms with Gasteiger partial charge in [-0.1, -0.05) is 17.3 Å². The van der Waals surface area contributed by atoms with Gasteiger partial charge in [-0.15, -0.1) is 0 Å². The highest BCUT2D eigenvalue weighted by Crippen LogP contribution is 2.32. The number of carbonyl (C=O) groups excluding carboxylic acids is 1. The standard InChI is InChI=1S/C25H24F3N3O3/c1-15(2)31-19(13-22(29-31)17-4-6-18(7-5-17)25(26,27)28)8-9-21-20-12-16(3)23(33-11-10-32)14-24(20)34-30-21/h4-7,10,12-15H,8-9,11H2,1-3H3. The Morgan fingerprint density at radius 2 is 1.85 bits per heavy atom. The van der Waals surface area contributed by atoms with Crippen LogP contribution in [0.5, 0.6) is 5.75 Å². The van der Waals surface area contributed by atoms with E-state index in [2.05, 4.69) is 10.3 Å². The molecule has 0 aliphatic carbocycles. The highest BCUT2D eigenvalue weighted by Gasteiger charge is 2.30. The van der Waals surface area contributed by atoms with Gasteiger partial charge in [-0.3, -0.25) is 9.48 Å². The number of rotatable bonds is 8. The lowest BCUT2D eigenvalue weighted by molar-refractivity contribution is -0.137. The predicted molar refractivity (Wildman–Crippen MR) is 121 cm³/mol. The Morgan fingerprint density at radius 1 is 1.12 bits per heavy atom. The van der Waals surface area contributed by atoms with E-state index in [1.54, 1.807) is 6.07 Å². The van der Waals surface area contributed by atoms with Crippen LogP contribution in [0.1, 0.15) is 42.4 Å². The first-order valence-electron chi connectivity index (χ1n) is 10.9. The van der Waals surface area contributed by atoms with Crippen LogP contribution in [0, 0.1) is 6.92 Å². The fourth-order valence-corrected chi connectivity index (χ4v) is 3.87. The van der Waals surface area contributed by atoms with Crippen molar-refractivity contribution in [2.45, 2.75) is 45.8 Å². The molecule has 0 atom stereocenters. The Labute approximate surface area is 194 Å². The average molecular weight is 471 g/mol. The minimum absolute atomic E-state index is 0.0339. The lowest BCUT2D eigenvalue weighted by Gasteiger charge is -2.10. The molecular weight excluding hydrogens is 447 g/mol. The maximum Gasteiger partial charge on any atom is 0.416 e. The number of ether oxygens (including phenoxy) is 1. The molecule has 2 heterocycles. The molecule has 0 unspecified atom stereocenters. The van der Waals surface area contributed by atoms with E-state index in [0.29, 0.717) is 41.7 Å². The molecular formula is C25H24F3N3O3. The molecule has 34 heavy (non-hydrogen) atoms. The summed E-state index contributed by atoms with van der Waals surface area (Å²) in [6, 6.07) is 10.7. The number of hydrogen-bond acceptors (Lipinski definition) is 5. The summed E-state index contributed by atoms with van der Waals surface area (Å²) < 4.78 is 51.4.